The summed E-state index contributed by atoms with van der Waals surface area (Å²) < 4.78 is 0. The van der Waals surface area contributed by atoms with Crippen LogP contribution in [-0.2, 0) is 0 Å². The maximum absolute atomic E-state index is 6.02. The largest absolute Gasteiger partial charge is 0.363 e. The molecule has 0 aliphatic heterocycles. The number of H-pyrrole nitrogens is 1. The van der Waals surface area contributed by atoms with Crippen molar-refractivity contribution in [2.24, 2.45) is 0 Å². The van der Waals surface area contributed by atoms with E-state index >= 15 is 0 Å². The molecule has 2 aromatic heterocycles. The van der Waals surface area contributed by atoms with E-state index in [0.29, 0.717) is 11.0 Å². The van der Waals surface area contributed by atoms with Gasteiger partial charge in [0, 0.05) is 17.3 Å². The first-order valence-electron chi connectivity index (χ1n) is 5.34. The first-order valence-corrected chi connectivity index (χ1v) is 5.71. The molecular weight excluding hydrogens is 238 g/mol. The first-order chi connectivity index (χ1) is 8.08. The van der Waals surface area contributed by atoms with Crippen molar-refractivity contribution in [1.82, 2.24) is 20.2 Å². The maximum Gasteiger partial charge on any atom is 0.137 e. The molecule has 0 aliphatic rings. The fourth-order valence-corrected chi connectivity index (χ4v) is 1.73. The zero-order chi connectivity index (χ0) is 12.4. The molecule has 0 saturated heterocycles. The summed E-state index contributed by atoms with van der Waals surface area (Å²) in [5.74, 6) is 1.42. The number of halogens is 1. The lowest BCUT2D eigenvalue weighted by molar-refractivity contribution is 0.863. The van der Waals surface area contributed by atoms with Crippen LogP contribution in [0.2, 0.25) is 5.15 Å². The monoisotopic (exact) mass is 251 g/mol. The second kappa shape index (κ2) is 4.71. The molecule has 0 aliphatic carbocycles. The Kier molecular flexibility index (Phi) is 3.28. The van der Waals surface area contributed by atoms with Crippen LogP contribution in [0.3, 0.4) is 0 Å². The zero-order valence-electron chi connectivity index (χ0n) is 9.95. The van der Waals surface area contributed by atoms with Gasteiger partial charge in [-0.25, -0.2) is 9.97 Å². The quantitative estimate of drug-likeness (QED) is 0.823. The predicted octanol–water partition coefficient (Wildman–Crippen LogP) is 2.64. The third-order valence-electron chi connectivity index (χ3n) is 2.57. The van der Waals surface area contributed by atoms with E-state index in [0.717, 1.165) is 16.9 Å². The highest BCUT2D eigenvalue weighted by atomic mass is 35.5. The molecule has 0 aromatic carbocycles. The summed E-state index contributed by atoms with van der Waals surface area (Å²) >= 11 is 6.02. The summed E-state index contributed by atoms with van der Waals surface area (Å²) in [7, 11) is 0. The van der Waals surface area contributed by atoms with Gasteiger partial charge in [0.1, 0.15) is 16.8 Å². The molecule has 0 amide bonds. The zero-order valence-corrected chi connectivity index (χ0v) is 10.7. The van der Waals surface area contributed by atoms with Gasteiger partial charge in [-0.05, 0) is 20.8 Å². The van der Waals surface area contributed by atoms with Crippen LogP contribution in [0.15, 0.2) is 12.4 Å². The van der Waals surface area contributed by atoms with Gasteiger partial charge in [0.05, 0.1) is 12.2 Å². The molecule has 0 radical (unpaired) electrons. The second-order valence-corrected chi connectivity index (χ2v) is 4.29. The molecule has 2 rings (SSSR count). The molecule has 90 valence electrons. The molecule has 0 bridgehead atoms. The molecule has 1 unspecified atom stereocenters. The molecule has 2 N–H and O–H groups in total. The standard InChI is InChI=1S/C11H14ClN5/c1-6-10(12)16-8(3)17-11(6)15-7(2)9-4-13-14-5-9/h4-5,7H,1-3H3,(H,13,14)(H,15,16,17). The number of aromatic amines is 1. The Morgan fingerprint density at radius 3 is 2.76 bits per heavy atom. The van der Waals surface area contributed by atoms with E-state index in [1.54, 1.807) is 6.20 Å². The highest BCUT2D eigenvalue weighted by molar-refractivity contribution is 6.30. The van der Waals surface area contributed by atoms with Gasteiger partial charge < -0.3 is 5.32 Å². The Hall–Kier alpha value is -1.62. The van der Waals surface area contributed by atoms with E-state index in [1.165, 1.54) is 0 Å². The van der Waals surface area contributed by atoms with Gasteiger partial charge >= 0.3 is 0 Å². The lowest BCUT2D eigenvalue weighted by Gasteiger charge is -2.15. The van der Waals surface area contributed by atoms with Crippen LogP contribution in [0.1, 0.15) is 29.9 Å². The van der Waals surface area contributed by atoms with Crippen molar-refractivity contribution < 1.29 is 0 Å². The first kappa shape index (κ1) is 11.9. The van der Waals surface area contributed by atoms with Gasteiger partial charge in [-0.3, -0.25) is 5.10 Å². The van der Waals surface area contributed by atoms with Crippen LogP contribution in [-0.4, -0.2) is 20.2 Å². The molecule has 0 saturated carbocycles. The van der Waals surface area contributed by atoms with Crippen LogP contribution in [0, 0.1) is 13.8 Å². The highest BCUT2D eigenvalue weighted by Crippen LogP contribution is 2.23. The Bertz CT molecular complexity index is 509. The molecule has 2 heterocycles. The Balaban J connectivity index is 2.24. The van der Waals surface area contributed by atoms with Crippen molar-refractivity contribution in [3.63, 3.8) is 0 Å². The van der Waals surface area contributed by atoms with Crippen molar-refractivity contribution in [1.29, 1.82) is 0 Å². The van der Waals surface area contributed by atoms with Gasteiger partial charge in [-0.15, -0.1) is 0 Å². The Morgan fingerprint density at radius 1 is 1.35 bits per heavy atom. The third kappa shape index (κ3) is 2.55. The van der Waals surface area contributed by atoms with E-state index < -0.39 is 0 Å². The Labute approximate surface area is 105 Å². The SMILES string of the molecule is Cc1nc(Cl)c(C)c(NC(C)c2cn[nH]c2)n1. The molecule has 5 nitrogen and oxygen atoms in total. The smallest absolute Gasteiger partial charge is 0.137 e. The van der Waals surface area contributed by atoms with Crippen LogP contribution < -0.4 is 5.32 Å². The lowest BCUT2D eigenvalue weighted by Crippen LogP contribution is -2.10. The molecule has 1 atom stereocenters. The van der Waals surface area contributed by atoms with E-state index in [4.69, 9.17) is 11.6 Å². The second-order valence-electron chi connectivity index (χ2n) is 3.93. The van der Waals surface area contributed by atoms with Crippen LogP contribution in [0.25, 0.3) is 0 Å². The summed E-state index contributed by atoms with van der Waals surface area (Å²) in [6.07, 6.45) is 3.63. The van der Waals surface area contributed by atoms with E-state index in [9.17, 15) is 0 Å². The molecule has 2 aromatic rings. The third-order valence-corrected chi connectivity index (χ3v) is 2.94. The number of rotatable bonds is 3. The summed E-state index contributed by atoms with van der Waals surface area (Å²) in [6.45, 7) is 5.75. The van der Waals surface area contributed by atoms with E-state index in [-0.39, 0.29) is 6.04 Å². The van der Waals surface area contributed by atoms with Crippen LogP contribution in [0.5, 0.6) is 0 Å². The van der Waals surface area contributed by atoms with Crippen molar-refractivity contribution in [2.75, 3.05) is 5.32 Å². The topological polar surface area (TPSA) is 66.5 Å². The van der Waals surface area contributed by atoms with E-state index in [2.05, 4.69) is 25.5 Å². The number of anilines is 1. The number of hydrogen-bond donors (Lipinski definition) is 2. The van der Waals surface area contributed by atoms with E-state index in [1.807, 2.05) is 27.0 Å². The van der Waals surface area contributed by atoms with Gasteiger partial charge in [0.2, 0.25) is 0 Å². The minimum atomic E-state index is 0.109. The maximum atomic E-state index is 6.02. The number of nitrogens with zero attached hydrogens (tertiary/aromatic N) is 3. The normalized spacial score (nSPS) is 12.5. The molecule has 6 heteroatoms. The number of nitrogens with one attached hydrogen (secondary N) is 2. The fourth-order valence-electron chi connectivity index (χ4n) is 1.52. The van der Waals surface area contributed by atoms with Crippen LogP contribution in [0.4, 0.5) is 5.82 Å². The minimum absolute atomic E-state index is 0.109. The van der Waals surface area contributed by atoms with Gasteiger partial charge in [0.25, 0.3) is 0 Å². The van der Waals surface area contributed by atoms with Crippen LogP contribution >= 0.6 is 11.6 Å². The summed E-state index contributed by atoms with van der Waals surface area (Å²) in [5.41, 5.74) is 1.92. The van der Waals surface area contributed by atoms with Gasteiger partial charge in [-0.2, -0.15) is 5.10 Å². The van der Waals surface area contributed by atoms with Crippen molar-refractivity contribution in [3.05, 3.63) is 34.5 Å². The average Bonchev–Trinajstić information content (AvgIpc) is 2.78. The number of hydrogen-bond acceptors (Lipinski definition) is 4. The number of aryl methyl sites for hydroxylation is 1. The predicted molar refractivity (Wildman–Crippen MR) is 67.1 cm³/mol. The van der Waals surface area contributed by atoms with Gasteiger partial charge in [-0.1, -0.05) is 11.6 Å². The fraction of sp³-hybridized carbons (Fsp3) is 0.364. The Morgan fingerprint density at radius 2 is 2.12 bits per heavy atom. The summed E-state index contributed by atoms with van der Waals surface area (Å²) in [4.78, 5) is 8.45. The summed E-state index contributed by atoms with van der Waals surface area (Å²) in [6, 6.07) is 0.109. The highest BCUT2D eigenvalue weighted by Gasteiger charge is 2.11. The lowest BCUT2D eigenvalue weighted by atomic mass is 10.2. The summed E-state index contributed by atoms with van der Waals surface area (Å²) in [5, 5.41) is 10.5. The molecule has 0 spiro atoms. The van der Waals surface area contributed by atoms with Gasteiger partial charge in [0.15, 0.2) is 0 Å². The van der Waals surface area contributed by atoms with Crippen molar-refractivity contribution in [2.45, 2.75) is 26.8 Å². The molecular formula is C11H14ClN5. The van der Waals surface area contributed by atoms with Crippen molar-refractivity contribution in [3.8, 4) is 0 Å². The molecule has 17 heavy (non-hydrogen) atoms. The van der Waals surface area contributed by atoms with Crippen molar-refractivity contribution >= 4 is 17.4 Å². The molecule has 0 fully saturated rings. The average molecular weight is 252 g/mol. The number of aromatic nitrogens is 4. The minimum Gasteiger partial charge on any atom is -0.363 e.